The summed E-state index contributed by atoms with van der Waals surface area (Å²) in [5.41, 5.74) is 5.51. The SMILES string of the molecule is CC(=O)NC1[C@H](O[C@@H]2C(O)[C@@H](O[C@H]3C(CO)O[C@@H](O[C@@H]4C(CO)O[C@@H](OCCCCCN)C(O)[C@H]4O)C(O)[C@H]3O)OC(CO)[C@@H]2O)OC(CO)[C@H](O)[C@@H]1O[C@@H]1OC(CO)[C@H](O)[C@H](O)C1O[C@@H]1OC(CO)[C@@H](O)[C@H](O)C1O. The molecular weight excluding hydrogens is 1040 g/mol. The lowest BCUT2D eigenvalue weighted by atomic mass is 9.94. The summed E-state index contributed by atoms with van der Waals surface area (Å²) < 4.78 is 68.9. The molecule has 12 unspecified atom stereocenters. The number of carbonyl (C=O) groups is 1. The molecule has 76 heavy (non-hydrogen) atoms. The third kappa shape index (κ3) is 14.1. The van der Waals surface area contributed by atoms with Gasteiger partial charge in [0.05, 0.1) is 39.6 Å². The molecule has 30 atom stereocenters. The van der Waals surface area contributed by atoms with Crippen LogP contribution in [0.4, 0.5) is 0 Å². The van der Waals surface area contributed by atoms with Crippen LogP contribution in [0.5, 0.6) is 0 Å². The molecule has 33 heteroatoms. The van der Waals surface area contributed by atoms with Crippen LogP contribution in [-0.2, 0) is 61.6 Å². The van der Waals surface area contributed by atoms with Crippen LogP contribution in [0.3, 0.4) is 0 Å². The molecule has 6 heterocycles. The number of carbonyl (C=O) groups excluding carboxylic acids is 1. The van der Waals surface area contributed by atoms with Gasteiger partial charge in [0.1, 0.15) is 146 Å². The molecule has 6 saturated heterocycles. The third-order valence-electron chi connectivity index (χ3n) is 13.9. The topological polar surface area (TPSA) is 530 Å². The monoisotopic (exact) mass is 1120 g/mol. The highest BCUT2D eigenvalue weighted by Gasteiger charge is 2.58. The Morgan fingerprint density at radius 1 is 0.382 bits per heavy atom. The number of ether oxygens (including phenoxy) is 12. The van der Waals surface area contributed by atoms with Crippen molar-refractivity contribution >= 4 is 5.91 Å². The molecule has 1 amide bonds. The van der Waals surface area contributed by atoms with E-state index in [0.29, 0.717) is 25.8 Å². The zero-order chi connectivity index (χ0) is 55.9. The molecule has 0 bridgehead atoms. The van der Waals surface area contributed by atoms with Gasteiger partial charge >= 0.3 is 0 Å². The van der Waals surface area contributed by atoms with Gasteiger partial charge in [-0.25, -0.2) is 0 Å². The minimum Gasteiger partial charge on any atom is -0.394 e. The minimum absolute atomic E-state index is 0.106. The summed E-state index contributed by atoms with van der Waals surface area (Å²) in [7, 11) is 0. The number of aliphatic hydroxyl groups excluding tert-OH is 18. The molecule has 6 fully saturated rings. The maximum Gasteiger partial charge on any atom is 0.217 e. The van der Waals surface area contributed by atoms with E-state index in [1.54, 1.807) is 0 Å². The van der Waals surface area contributed by atoms with Crippen LogP contribution in [0.25, 0.3) is 0 Å². The lowest BCUT2D eigenvalue weighted by Crippen LogP contribution is -2.70. The maximum atomic E-state index is 12.8. The van der Waals surface area contributed by atoms with Crippen molar-refractivity contribution in [3.8, 4) is 0 Å². The van der Waals surface area contributed by atoms with E-state index in [0.717, 1.165) is 6.92 Å². The summed E-state index contributed by atoms with van der Waals surface area (Å²) in [6.07, 6.45) is -52.9. The predicted molar refractivity (Wildman–Crippen MR) is 237 cm³/mol. The molecule has 6 aliphatic heterocycles. The Bertz CT molecular complexity index is 1730. The van der Waals surface area contributed by atoms with Gasteiger partial charge in [-0.3, -0.25) is 4.79 Å². The maximum absolute atomic E-state index is 12.8. The highest BCUT2D eigenvalue weighted by molar-refractivity contribution is 5.73. The molecule has 33 nitrogen and oxygen atoms in total. The average Bonchev–Trinajstić information content (AvgIpc) is 3.40. The first kappa shape index (κ1) is 63.4. The summed E-state index contributed by atoms with van der Waals surface area (Å²) in [5, 5.41) is 196. The van der Waals surface area contributed by atoms with Crippen LogP contribution >= 0.6 is 0 Å². The Balaban J connectivity index is 1.20. The molecule has 6 rings (SSSR count). The van der Waals surface area contributed by atoms with Gasteiger partial charge in [0.15, 0.2) is 37.7 Å². The van der Waals surface area contributed by atoms with Crippen molar-refractivity contribution in [2.75, 3.05) is 52.8 Å². The van der Waals surface area contributed by atoms with Crippen molar-refractivity contribution in [2.24, 2.45) is 5.73 Å². The van der Waals surface area contributed by atoms with Gasteiger partial charge in [0, 0.05) is 13.5 Å². The Morgan fingerprint density at radius 2 is 0.750 bits per heavy atom. The predicted octanol–water partition coefficient (Wildman–Crippen LogP) is -12.8. The number of aliphatic hydroxyl groups is 18. The molecule has 0 aliphatic carbocycles. The number of nitrogens with one attached hydrogen (secondary N) is 1. The van der Waals surface area contributed by atoms with E-state index in [2.05, 4.69) is 5.32 Å². The molecule has 0 radical (unpaired) electrons. The smallest absolute Gasteiger partial charge is 0.217 e. The average molecular weight is 1120 g/mol. The lowest BCUT2D eigenvalue weighted by molar-refractivity contribution is -0.394. The van der Waals surface area contributed by atoms with Gasteiger partial charge < -0.3 is 160 Å². The number of nitrogens with two attached hydrogens (primary N) is 1. The highest BCUT2D eigenvalue weighted by Crippen LogP contribution is 2.37. The summed E-state index contributed by atoms with van der Waals surface area (Å²) in [4.78, 5) is 12.8. The summed E-state index contributed by atoms with van der Waals surface area (Å²) in [6.45, 7) is -4.20. The van der Waals surface area contributed by atoms with Crippen LogP contribution in [0.15, 0.2) is 0 Å². The second kappa shape index (κ2) is 28.8. The van der Waals surface area contributed by atoms with Crippen LogP contribution in [0, 0.1) is 0 Å². The first-order valence-corrected chi connectivity index (χ1v) is 24.8. The fourth-order valence-electron chi connectivity index (χ4n) is 9.64. The number of hydrogen-bond donors (Lipinski definition) is 20. The fraction of sp³-hybridized carbons (Fsp3) is 0.977. The Morgan fingerprint density at radius 3 is 1.26 bits per heavy atom. The van der Waals surface area contributed by atoms with E-state index in [-0.39, 0.29) is 6.61 Å². The van der Waals surface area contributed by atoms with Gasteiger partial charge in [0.2, 0.25) is 5.91 Å². The van der Waals surface area contributed by atoms with Crippen molar-refractivity contribution < 1.29 is 154 Å². The van der Waals surface area contributed by atoms with Crippen molar-refractivity contribution in [3.63, 3.8) is 0 Å². The summed E-state index contributed by atoms with van der Waals surface area (Å²) >= 11 is 0. The molecule has 0 aromatic carbocycles. The first-order chi connectivity index (χ1) is 36.2. The van der Waals surface area contributed by atoms with Gasteiger partial charge in [-0.05, 0) is 25.8 Å². The second-order valence-electron chi connectivity index (χ2n) is 19.2. The first-order valence-electron chi connectivity index (χ1n) is 24.8. The molecule has 0 saturated carbocycles. The molecule has 21 N–H and O–H groups in total. The van der Waals surface area contributed by atoms with Crippen LogP contribution in [0.1, 0.15) is 26.2 Å². The van der Waals surface area contributed by atoms with E-state index in [4.69, 9.17) is 62.6 Å². The molecule has 0 spiro atoms. The zero-order valence-corrected chi connectivity index (χ0v) is 41.0. The van der Waals surface area contributed by atoms with Crippen LogP contribution in [-0.4, -0.2) is 335 Å². The van der Waals surface area contributed by atoms with Gasteiger partial charge in [-0.15, -0.1) is 0 Å². The zero-order valence-electron chi connectivity index (χ0n) is 41.0. The van der Waals surface area contributed by atoms with E-state index in [1.165, 1.54) is 0 Å². The molecular formula is C43H76N2O31. The third-order valence-corrected chi connectivity index (χ3v) is 13.9. The van der Waals surface area contributed by atoms with Crippen molar-refractivity contribution in [1.29, 1.82) is 0 Å². The largest absolute Gasteiger partial charge is 0.394 e. The molecule has 0 aromatic rings. The number of unbranched alkanes of at least 4 members (excludes halogenated alkanes) is 2. The quantitative estimate of drug-likeness (QED) is 0.0423. The van der Waals surface area contributed by atoms with Crippen molar-refractivity contribution in [2.45, 2.75) is 210 Å². The second-order valence-corrected chi connectivity index (χ2v) is 19.2. The van der Waals surface area contributed by atoms with Crippen LogP contribution in [0.2, 0.25) is 0 Å². The normalized spacial score (nSPS) is 48.4. The summed E-state index contributed by atoms with van der Waals surface area (Å²) in [5.74, 6) is -0.881. The van der Waals surface area contributed by atoms with Crippen LogP contribution < -0.4 is 11.1 Å². The lowest BCUT2D eigenvalue weighted by Gasteiger charge is -2.51. The van der Waals surface area contributed by atoms with E-state index in [9.17, 15) is 96.7 Å². The van der Waals surface area contributed by atoms with E-state index >= 15 is 0 Å². The Labute approximate surface area is 433 Å². The molecule has 0 aromatic heterocycles. The Kier molecular flexibility index (Phi) is 24.0. The number of amides is 1. The van der Waals surface area contributed by atoms with E-state index in [1.807, 2.05) is 0 Å². The van der Waals surface area contributed by atoms with Crippen molar-refractivity contribution in [3.05, 3.63) is 0 Å². The minimum atomic E-state index is -2.23. The fourth-order valence-corrected chi connectivity index (χ4v) is 9.64. The number of hydrogen-bond acceptors (Lipinski definition) is 32. The highest BCUT2D eigenvalue weighted by atomic mass is 16.8. The Hall–Kier alpha value is -1.77. The van der Waals surface area contributed by atoms with Crippen molar-refractivity contribution in [1.82, 2.24) is 5.32 Å². The molecule has 6 aliphatic rings. The van der Waals surface area contributed by atoms with Gasteiger partial charge in [-0.1, -0.05) is 0 Å². The van der Waals surface area contributed by atoms with E-state index < -0.39 is 230 Å². The summed E-state index contributed by atoms with van der Waals surface area (Å²) in [6, 6.07) is -1.82. The molecule has 444 valence electrons. The number of rotatable bonds is 23. The van der Waals surface area contributed by atoms with Gasteiger partial charge in [-0.2, -0.15) is 0 Å². The van der Waals surface area contributed by atoms with Gasteiger partial charge in [0.25, 0.3) is 0 Å². The standard InChI is InChI=1S/C43H76N2O31/c1-13(52)45-20-35(74-43-37(26(58)22(54)15(8-47)69-43)76-40-29(61)25(57)21(53)14(7-46)67-40)23(55)16(9-48)66-38(20)75-36-24(56)17(10-49)68-42(32(36)64)73-34-19(12-51)71-41(31(63)28(34)60)72-33-18(11-50)70-39(30(62)27(33)59)65-6-4-2-3-5-44/h14-43,46-51,53-64H,2-12,44H2,1H3,(H,45,52)/t14?,15?,16?,17?,18?,19?,20?,21-,22+,23+,24+,25+,26+,27-,28-,29?,30?,31?,32?,33-,34+,35-,36+,37?,38+,39-,40+,41+,42-,43+/m1/s1.